The van der Waals surface area contributed by atoms with Gasteiger partial charge < -0.3 is 10.3 Å². The van der Waals surface area contributed by atoms with Crippen molar-refractivity contribution < 1.29 is 4.79 Å². The lowest BCUT2D eigenvalue weighted by Crippen LogP contribution is -2.16. The Hall–Kier alpha value is -2.56. The van der Waals surface area contributed by atoms with Crippen LogP contribution in [-0.4, -0.2) is 20.7 Å². The fourth-order valence-electron chi connectivity index (χ4n) is 2.31. The number of amides is 1. The molecule has 0 saturated carbocycles. The van der Waals surface area contributed by atoms with Crippen molar-refractivity contribution in [2.45, 2.75) is 13.3 Å². The normalized spacial score (nSPS) is 10.9. The van der Waals surface area contributed by atoms with Gasteiger partial charge in [-0.25, -0.2) is 0 Å². The number of aryl methyl sites for hydroxylation is 2. The highest BCUT2D eigenvalue weighted by molar-refractivity contribution is 5.92. The van der Waals surface area contributed by atoms with E-state index in [1.807, 2.05) is 50.5 Å². The molecule has 0 fully saturated rings. The van der Waals surface area contributed by atoms with Crippen molar-refractivity contribution in [3.63, 3.8) is 0 Å². The predicted octanol–water partition coefficient (Wildman–Crippen LogP) is 2.39. The van der Waals surface area contributed by atoms with Crippen LogP contribution in [-0.2, 0) is 18.3 Å². The Kier molecular flexibility index (Phi) is 3.02. The minimum Gasteiger partial charge on any atom is -0.361 e. The topological polar surface area (TPSA) is 62.7 Å². The van der Waals surface area contributed by atoms with Crippen LogP contribution < -0.4 is 5.32 Å². The number of rotatable bonds is 3. The predicted molar refractivity (Wildman–Crippen MR) is 78.6 cm³/mol. The Bertz CT molecular complexity index is 769. The first kappa shape index (κ1) is 12.5. The zero-order valence-electron chi connectivity index (χ0n) is 11.5. The molecule has 5 nitrogen and oxygen atoms in total. The lowest BCUT2D eigenvalue weighted by Gasteiger charge is -2.05. The minimum atomic E-state index is -0.0390. The summed E-state index contributed by atoms with van der Waals surface area (Å²) in [6.07, 6.45) is 2.25. The van der Waals surface area contributed by atoms with Crippen LogP contribution >= 0.6 is 0 Å². The van der Waals surface area contributed by atoms with Crippen LogP contribution in [0.3, 0.4) is 0 Å². The van der Waals surface area contributed by atoms with Gasteiger partial charge in [0.15, 0.2) is 0 Å². The van der Waals surface area contributed by atoms with E-state index in [-0.39, 0.29) is 5.91 Å². The summed E-state index contributed by atoms with van der Waals surface area (Å²) >= 11 is 0. The summed E-state index contributed by atoms with van der Waals surface area (Å²) in [5.41, 5.74) is 2.96. The van der Waals surface area contributed by atoms with E-state index in [1.54, 1.807) is 4.68 Å². The number of nitrogens with one attached hydrogen (secondary N) is 2. The average Bonchev–Trinajstić information content (AvgIpc) is 2.96. The van der Waals surface area contributed by atoms with Gasteiger partial charge in [-0.05, 0) is 36.1 Å². The van der Waals surface area contributed by atoms with Crippen LogP contribution in [0.4, 0.5) is 5.82 Å². The Balaban J connectivity index is 1.73. The highest BCUT2D eigenvalue weighted by Gasteiger charge is 2.08. The Morgan fingerprint density at radius 2 is 2.20 bits per heavy atom. The van der Waals surface area contributed by atoms with Crippen molar-refractivity contribution in [2.75, 3.05) is 5.32 Å². The number of carbonyl (C=O) groups is 1. The van der Waals surface area contributed by atoms with Crippen molar-refractivity contribution in [3.8, 4) is 0 Å². The van der Waals surface area contributed by atoms with Crippen LogP contribution in [0.15, 0.2) is 36.5 Å². The molecule has 102 valence electrons. The molecule has 0 spiro atoms. The third-order valence-corrected chi connectivity index (χ3v) is 3.25. The van der Waals surface area contributed by atoms with E-state index in [9.17, 15) is 4.79 Å². The number of H-pyrrole nitrogens is 1. The number of aromatic nitrogens is 3. The van der Waals surface area contributed by atoms with Crippen molar-refractivity contribution in [3.05, 3.63) is 47.8 Å². The summed E-state index contributed by atoms with van der Waals surface area (Å²) in [5, 5.41) is 8.20. The smallest absolute Gasteiger partial charge is 0.229 e. The molecular weight excluding hydrogens is 252 g/mol. The molecule has 1 amide bonds. The fourth-order valence-corrected chi connectivity index (χ4v) is 2.31. The summed E-state index contributed by atoms with van der Waals surface area (Å²) in [6.45, 7) is 1.90. The van der Waals surface area contributed by atoms with Gasteiger partial charge in [0.1, 0.15) is 5.82 Å². The zero-order valence-corrected chi connectivity index (χ0v) is 11.5. The summed E-state index contributed by atoms with van der Waals surface area (Å²) in [7, 11) is 1.81. The maximum atomic E-state index is 12.1. The van der Waals surface area contributed by atoms with Crippen LogP contribution in [0.2, 0.25) is 0 Å². The molecule has 1 aromatic carbocycles. The fraction of sp³-hybridized carbons (Fsp3) is 0.200. The number of aromatic amines is 1. The van der Waals surface area contributed by atoms with Gasteiger partial charge in [-0.2, -0.15) is 5.10 Å². The van der Waals surface area contributed by atoms with Crippen LogP contribution in [0, 0.1) is 6.92 Å². The molecule has 0 aliphatic heterocycles. The highest BCUT2D eigenvalue weighted by atomic mass is 16.1. The van der Waals surface area contributed by atoms with Gasteiger partial charge in [0.05, 0.1) is 12.1 Å². The van der Waals surface area contributed by atoms with E-state index in [1.165, 1.54) is 0 Å². The molecule has 0 aliphatic carbocycles. The first-order chi connectivity index (χ1) is 9.61. The molecule has 2 N–H and O–H groups in total. The number of benzene rings is 1. The molecule has 5 heteroatoms. The van der Waals surface area contributed by atoms with E-state index >= 15 is 0 Å². The Labute approximate surface area is 116 Å². The van der Waals surface area contributed by atoms with Gasteiger partial charge in [0.25, 0.3) is 0 Å². The van der Waals surface area contributed by atoms with Gasteiger partial charge in [-0.15, -0.1) is 0 Å². The summed E-state index contributed by atoms with van der Waals surface area (Å²) in [5.74, 6) is 0.679. The second-order valence-electron chi connectivity index (χ2n) is 4.92. The Morgan fingerprint density at radius 1 is 1.35 bits per heavy atom. The van der Waals surface area contributed by atoms with E-state index in [0.717, 1.165) is 28.0 Å². The number of anilines is 1. The number of nitrogens with zero attached hydrogens (tertiary/aromatic N) is 2. The molecule has 2 heterocycles. The number of hydrogen-bond donors (Lipinski definition) is 2. The highest BCUT2D eigenvalue weighted by Crippen LogP contribution is 2.15. The molecule has 0 aliphatic rings. The molecule has 2 aromatic heterocycles. The van der Waals surface area contributed by atoms with Gasteiger partial charge >= 0.3 is 0 Å². The molecule has 3 rings (SSSR count). The van der Waals surface area contributed by atoms with Gasteiger partial charge in [0.2, 0.25) is 5.91 Å². The first-order valence-electron chi connectivity index (χ1n) is 6.48. The first-order valence-corrected chi connectivity index (χ1v) is 6.48. The monoisotopic (exact) mass is 268 g/mol. The molecule has 0 unspecified atom stereocenters. The number of carbonyl (C=O) groups excluding carboxylic acids is 1. The molecule has 3 aromatic rings. The van der Waals surface area contributed by atoms with Crippen LogP contribution in [0.5, 0.6) is 0 Å². The van der Waals surface area contributed by atoms with E-state index in [0.29, 0.717) is 6.42 Å². The van der Waals surface area contributed by atoms with E-state index in [4.69, 9.17) is 0 Å². The van der Waals surface area contributed by atoms with E-state index in [2.05, 4.69) is 15.4 Å². The largest absolute Gasteiger partial charge is 0.361 e. The zero-order chi connectivity index (χ0) is 14.1. The average molecular weight is 268 g/mol. The number of fused-ring (bicyclic) bond motifs is 1. The van der Waals surface area contributed by atoms with Crippen molar-refractivity contribution in [1.29, 1.82) is 0 Å². The lowest BCUT2D eigenvalue weighted by molar-refractivity contribution is -0.115. The minimum absolute atomic E-state index is 0.0390. The van der Waals surface area contributed by atoms with Gasteiger partial charge in [0, 0.05) is 24.8 Å². The second kappa shape index (κ2) is 4.85. The van der Waals surface area contributed by atoms with E-state index < -0.39 is 0 Å². The van der Waals surface area contributed by atoms with Gasteiger partial charge in [-0.3, -0.25) is 9.48 Å². The second-order valence-corrected chi connectivity index (χ2v) is 4.92. The Morgan fingerprint density at radius 3 is 2.95 bits per heavy atom. The van der Waals surface area contributed by atoms with Crippen molar-refractivity contribution in [2.24, 2.45) is 7.05 Å². The molecular formula is C15H16N4O. The molecule has 0 radical (unpaired) electrons. The summed E-state index contributed by atoms with van der Waals surface area (Å²) in [4.78, 5) is 15.2. The lowest BCUT2D eigenvalue weighted by atomic mass is 10.1. The third kappa shape index (κ3) is 2.42. The van der Waals surface area contributed by atoms with Crippen molar-refractivity contribution >= 4 is 22.6 Å². The third-order valence-electron chi connectivity index (χ3n) is 3.25. The standard InChI is InChI=1S/C15H16N4O/c1-10-7-14(19(2)18-10)17-15(20)9-11-3-4-13-12(8-11)5-6-16-13/h3-8,16H,9H2,1-2H3,(H,17,20). The van der Waals surface area contributed by atoms with Crippen LogP contribution in [0.25, 0.3) is 10.9 Å². The SMILES string of the molecule is Cc1cc(NC(=O)Cc2ccc3[nH]ccc3c2)n(C)n1. The molecule has 20 heavy (non-hydrogen) atoms. The quantitative estimate of drug-likeness (QED) is 0.766. The van der Waals surface area contributed by atoms with Crippen molar-refractivity contribution in [1.82, 2.24) is 14.8 Å². The maximum absolute atomic E-state index is 12.1. The molecule has 0 bridgehead atoms. The maximum Gasteiger partial charge on any atom is 0.229 e. The molecule has 0 atom stereocenters. The summed E-state index contributed by atoms with van der Waals surface area (Å²) < 4.78 is 1.67. The summed E-state index contributed by atoms with van der Waals surface area (Å²) in [6, 6.07) is 9.84. The number of hydrogen-bond acceptors (Lipinski definition) is 2. The van der Waals surface area contributed by atoms with Crippen LogP contribution in [0.1, 0.15) is 11.3 Å². The molecule has 0 saturated heterocycles. The van der Waals surface area contributed by atoms with Gasteiger partial charge in [-0.1, -0.05) is 6.07 Å².